The van der Waals surface area contributed by atoms with Gasteiger partial charge in [0.2, 0.25) is 10.0 Å². The molecule has 1 aromatic heterocycles. The minimum Gasteiger partial charge on any atom is -0.497 e. The second-order valence-corrected chi connectivity index (χ2v) is 6.63. The number of sulfonamides is 1. The molecule has 0 aliphatic rings. The average Bonchev–Trinajstić information content (AvgIpc) is 2.85. The minimum atomic E-state index is -3.61. The van der Waals surface area contributed by atoms with Gasteiger partial charge in [0, 0.05) is 6.54 Å². The molecule has 0 saturated carbocycles. The summed E-state index contributed by atoms with van der Waals surface area (Å²) in [6, 6.07) is 4.86. The number of rotatable bonds is 6. The molecule has 0 aliphatic carbocycles. The first-order valence-corrected chi connectivity index (χ1v) is 8.40. The van der Waals surface area contributed by atoms with Gasteiger partial charge >= 0.3 is 0 Å². The first-order valence-electron chi connectivity index (χ1n) is 6.92. The number of aryl methyl sites for hydroxylation is 3. The van der Waals surface area contributed by atoms with Gasteiger partial charge in [-0.3, -0.25) is 0 Å². The van der Waals surface area contributed by atoms with Crippen molar-refractivity contribution in [3.8, 4) is 5.75 Å². The summed E-state index contributed by atoms with van der Waals surface area (Å²) >= 11 is 0. The number of benzene rings is 1. The SMILES string of the molecule is CCn1nnc(C)c1CNS(=O)(=O)c1ccc(OC)cc1C. The molecule has 2 rings (SSSR count). The maximum atomic E-state index is 12.5. The van der Waals surface area contributed by atoms with Gasteiger partial charge in [0.05, 0.1) is 29.9 Å². The molecular formula is C14H20N4O3S. The van der Waals surface area contributed by atoms with Crippen molar-refractivity contribution in [1.29, 1.82) is 0 Å². The van der Waals surface area contributed by atoms with E-state index in [1.807, 2.05) is 6.92 Å². The number of aromatic nitrogens is 3. The normalized spacial score (nSPS) is 11.6. The van der Waals surface area contributed by atoms with Crippen LogP contribution in [0.5, 0.6) is 5.75 Å². The molecule has 22 heavy (non-hydrogen) atoms. The Hall–Kier alpha value is -1.93. The van der Waals surface area contributed by atoms with Crippen LogP contribution >= 0.6 is 0 Å². The summed E-state index contributed by atoms with van der Waals surface area (Å²) in [6.45, 7) is 6.27. The van der Waals surface area contributed by atoms with Crippen molar-refractivity contribution in [1.82, 2.24) is 19.7 Å². The highest BCUT2D eigenvalue weighted by atomic mass is 32.2. The van der Waals surface area contributed by atoms with E-state index in [2.05, 4.69) is 15.0 Å². The van der Waals surface area contributed by atoms with Crippen molar-refractivity contribution >= 4 is 10.0 Å². The van der Waals surface area contributed by atoms with Crippen molar-refractivity contribution in [2.24, 2.45) is 0 Å². The fourth-order valence-electron chi connectivity index (χ4n) is 2.18. The molecule has 0 aliphatic heterocycles. The van der Waals surface area contributed by atoms with E-state index in [0.717, 1.165) is 11.4 Å². The molecule has 0 amide bonds. The van der Waals surface area contributed by atoms with Crippen LogP contribution in [0.4, 0.5) is 0 Å². The van der Waals surface area contributed by atoms with Crippen LogP contribution < -0.4 is 9.46 Å². The zero-order chi connectivity index (χ0) is 16.3. The highest BCUT2D eigenvalue weighted by molar-refractivity contribution is 7.89. The Bertz CT molecular complexity index is 768. The summed E-state index contributed by atoms with van der Waals surface area (Å²) in [6.07, 6.45) is 0. The van der Waals surface area contributed by atoms with Crippen LogP contribution in [-0.2, 0) is 23.1 Å². The quantitative estimate of drug-likeness (QED) is 0.868. The summed E-state index contributed by atoms with van der Waals surface area (Å²) in [5.74, 6) is 0.626. The third-order valence-corrected chi connectivity index (χ3v) is 4.99. The van der Waals surface area contributed by atoms with E-state index in [0.29, 0.717) is 17.9 Å². The zero-order valence-electron chi connectivity index (χ0n) is 13.1. The van der Waals surface area contributed by atoms with Gasteiger partial charge in [0.15, 0.2) is 0 Å². The Balaban J connectivity index is 2.23. The lowest BCUT2D eigenvalue weighted by molar-refractivity contribution is 0.414. The van der Waals surface area contributed by atoms with Gasteiger partial charge < -0.3 is 4.74 Å². The number of nitrogens with one attached hydrogen (secondary N) is 1. The van der Waals surface area contributed by atoms with Crippen molar-refractivity contribution < 1.29 is 13.2 Å². The lowest BCUT2D eigenvalue weighted by Gasteiger charge is -2.11. The third kappa shape index (κ3) is 3.28. The molecule has 120 valence electrons. The standard InChI is InChI=1S/C14H20N4O3S/c1-5-18-13(11(3)16-17-18)9-15-22(19,20)14-7-6-12(21-4)8-10(14)2/h6-8,15H,5,9H2,1-4H3. The predicted octanol–water partition coefficient (Wildman–Crippen LogP) is 1.40. The number of hydrogen-bond donors (Lipinski definition) is 1. The van der Waals surface area contributed by atoms with Crippen molar-refractivity contribution in [3.05, 3.63) is 35.2 Å². The monoisotopic (exact) mass is 324 g/mol. The summed E-state index contributed by atoms with van der Waals surface area (Å²) in [5, 5.41) is 7.93. The minimum absolute atomic E-state index is 0.153. The van der Waals surface area contributed by atoms with E-state index in [4.69, 9.17) is 4.74 Å². The Labute approximate surface area is 130 Å². The molecule has 7 nitrogen and oxygen atoms in total. The van der Waals surface area contributed by atoms with E-state index >= 15 is 0 Å². The first-order chi connectivity index (χ1) is 10.4. The Morgan fingerprint density at radius 3 is 2.64 bits per heavy atom. The van der Waals surface area contributed by atoms with Crippen LogP contribution in [0.15, 0.2) is 23.1 Å². The Morgan fingerprint density at radius 1 is 1.32 bits per heavy atom. The van der Waals surface area contributed by atoms with E-state index in [-0.39, 0.29) is 11.4 Å². The molecule has 0 bridgehead atoms. The number of nitrogens with zero attached hydrogens (tertiary/aromatic N) is 3. The van der Waals surface area contributed by atoms with E-state index in [1.54, 1.807) is 43.8 Å². The van der Waals surface area contributed by atoms with Crippen LogP contribution in [-0.4, -0.2) is 30.5 Å². The smallest absolute Gasteiger partial charge is 0.241 e. The molecule has 1 aromatic carbocycles. The maximum Gasteiger partial charge on any atom is 0.241 e. The second kappa shape index (κ2) is 6.45. The van der Waals surface area contributed by atoms with Crippen LogP contribution in [0.1, 0.15) is 23.9 Å². The number of hydrogen-bond acceptors (Lipinski definition) is 5. The highest BCUT2D eigenvalue weighted by Gasteiger charge is 2.19. The van der Waals surface area contributed by atoms with Gasteiger partial charge in [0.25, 0.3) is 0 Å². The molecule has 0 atom stereocenters. The van der Waals surface area contributed by atoms with Crippen molar-refractivity contribution in [3.63, 3.8) is 0 Å². The van der Waals surface area contributed by atoms with Gasteiger partial charge in [-0.1, -0.05) is 5.21 Å². The molecular weight excluding hydrogens is 304 g/mol. The van der Waals surface area contributed by atoms with Gasteiger partial charge in [-0.15, -0.1) is 5.10 Å². The average molecular weight is 324 g/mol. The van der Waals surface area contributed by atoms with Crippen LogP contribution in [0.2, 0.25) is 0 Å². The second-order valence-electron chi connectivity index (χ2n) is 4.89. The third-order valence-electron chi connectivity index (χ3n) is 3.43. The largest absolute Gasteiger partial charge is 0.497 e. The summed E-state index contributed by atoms with van der Waals surface area (Å²) in [5.41, 5.74) is 2.11. The molecule has 1 N–H and O–H groups in total. The van der Waals surface area contributed by atoms with Crippen LogP contribution in [0, 0.1) is 13.8 Å². The summed E-state index contributed by atoms with van der Waals surface area (Å²) in [7, 11) is -2.06. The maximum absolute atomic E-state index is 12.5. The zero-order valence-corrected chi connectivity index (χ0v) is 13.9. The van der Waals surface area contributed by atoms with Gasteiger partial charge in [0.1, 0.15) is 5.75 Å². The lowest BCUT2D eigenvalue weighted by Crippen LogP contribution is -2.25. The first kappa shape index (κ1) is 16.4. The fourth-order valence-corrected chi connectivity index (χ4v) is 3.40. The Kier molecular flexibility index (Phi) is 4.82. The fraction of sp³-hybridized carbons (Fsp3) is 0.429. The molecule has 0 fully saturated rings. The van der Waals surface area contributed by atoms with Crippen molar-refractivity contribution in [2.75, 3.05) is 7.11 Å². The summed E-state index contributed by atoms with van der Waals surface area (Å²) in [4.78, 5) is 0.237. The number of methoxy groups -OCH3 is 1. The molecule has 1 heterocycles. The molecule has 0 saturated heterocycles. The Morgan fingerprint density at radius 2 is 2.05 bits per heavy atom. The van der Waals surface area contributed by atoms with E-state index in [9.17, 15) is 8.42 Å². The predicted molar refractivity (Wildman–Crippen MR) is 82.2 cm³/mol. The van der Waals surface area contributed by atoms with Gasteiger partial charge in [-0.2, -0.15) is 0 Å². The molecule has 0 unspecified atom stereocenters. The van der Waals surface area contributed by atoms with Crippen LogP contribution in [0.25, 0.3) is 0 Å². The van der Waals surface area contributed by atoms with Gasteiger partial charge in [-0.25, -0.2) is 17.8 Å². The molecule has 2 aromatic rings. The molecule has 0 radical (unpaired) electrons. The lowest BCUT2D eigenvalue weighted by atomic mass is 10.2. The van der Waals surface area contributed by atoms with Crippen molar-refractivity contribution in [2.45, 2.75) is 38.8 Å². The highest BCUT2D eigenvalue weighted by Crippen LogP contribution is 2.21. The summed E-state index contributed by atoms with van der Waals surface area (Å²) < 4.78 is 34.3. The van der Waals surface area contributed by atoms with E-state index in [1.165, 1.54) is 0 Å². The topological polar surface area (TPSA) is 86.1 Å². The molecule has 0 spiro atoms. The van der Waals surface area contributed by atoms with Crippen LogP contribution in [0.3, 0.4) is 0 Å². The number of ether oxygens (including phenoxy) is 1. The van der Waals surface area contributed by atoms with Gasteiger partial charge in [-0.05, 0) is 44.5 Å². The van der Waals surface area contributed by atoms with E-state index < -0.39 is 10.0 Å². The molecule has 8 heteroatoms.